The van der Waals surface area contributed by atoms with Gasteiger partial charge in [-0.2, -0.15) is 0 Å². The molecule has 1 aliphatic heterocycles. The number of nitrogens with zero attached hydrogens (tertiary/aromatic N) is 1. The van der Waals surface area contributed by atoms with E-state index in [1.54, 1.807) is 11.8 Å². The summed E-state index contributed by atoms with van der Waals surface area (Å²) < 4.78 is 5.00. The zero-order valence-corrected chi connectivity index (χ0v) is 12.6. The van der Waals surface area contributed by atoms with E-state index in [1.165, 1.54) is 0 Å². The molecule has 1 heterocycles. The van der Waals surface area contributed by atoms with Gasteiger partial charge in [-0.15, -0.1) is 0 Å². The first-order chi connectivity index (χ1) is 10.1. The second kappa shape index (κ2) is 7.11. The van der Waals surface area contributed by atoms with Crippen LogP contribution in [0.25, 0.3) is 0 Å². The maximum Gasteiger partial charge on any atom is 0.409 e. The fraction of sp³-hybridized carbons (Fsp3) is 0.500. The molecule has 0 aliphatic carbocycles. The number of nitrogens with one attached hydrogen (secondary N) is 1. The first-order valence-electron chi connectivity index (χ1n) is 7.39. The lowest BCUT2D eigenvalue weighted by Gasteiger charge is -2.31. The maximum absolute atomic E-state index is 12.3. The molecule has 1 N–H and O–H groups in total. The highest BCUT2D eigenvalue weighted by atomic mass is 16.6. The highest BCUT2D eigenvalue weighted by molar-refractivity contribution is 5.93. The summed E-state index contributed by atoms with van der Waals surface area (Å²) in [5.74, 6) is -0.210. The number of hydrogen-bond donors (Lipinski definition) is 1. The van der Waals surface area contributed by atoms with E-state index in [0.717, 1.165) is 24.1 Å². The van der Waals surface area contributed by atoms with Gasteiger partial charge < -0.3 is 15.0 Å². The summed E-state index contributed by atoms with van der Waals surface area (Å²) in [6.45, 7) is 5.21. The van der Waals surface area contributed by atoms with Crippen LogP contribution in [0.3, 0.4) is 0 Å². The molecule has 0 aromatic heterocycles. The Kier molecular flexibility index (Phi) is 5.20. The number of benzene rings is 1. The number of carbonyl (C=O) groups is 2. The van der Waals surface area contributed by atoms with Gasteiger partial charge in [0.05, 0.1) is 12.5 Å². The molecule has 5 heteroatoms. The van der Waals surface area contributed by atoms with Crippen LogP contribution in [0.1, 0.15) is 25.3 Å². The summed E-state index contributed by atoms with van der Waals surface area (Å²) in [5.41, 5.74) is 1.90. The normalized spacial score (nSPS) is 18.2. The maximum atomic E-state index is 12.3. The number of anilines is 1. The van der Waals surface area contributed by atoms with E-state index in [2.05, 4.69) is 5.32 Å². The van der Waals surface area contributed by atoms with Gasteiger partial charge in [0.15, 0.2) is 0 Å². The molecule has 2 rings (SSSR count). The Morgan fingerprint density at radius 1 is 1.43 bits per heavy atom. The summed E-state index contributed by atoms with van der Waals surface area (Å²) in [7, 11) is 0. The van der Waals surface area contributed by atoms with Crippen molar-refractivity contribution < 1.29 is 14.3 Å². The molecule has 1 unspecified atom stereocenters. The van der Waals surface area contributed by atoms with Gasteiger partial charge in [0, 0.05) is 18.8 Å². The number of amides is 2. The number of carbonyl (C=O) groups excluding carboxylic acids is 2. The molecule has 5 nitrogen and oxygen atoms in total. The van der Waals surface area contributed by atoms with Crippen molar-refractivity contribution in [2.75, 3.05) is 25.0 Å². The van der Waals surface area contributed by atoms with Crippen LogP contribution in [0.2, 0.25) is 0 Å². The molecule has 0 saturated carbocycles. The Morgan fingerprint density at radius 3 is 2.95 bits per heavy atom. The van der Waals surface area contributed by atoms with E-state index >= 15 is 0 Å². The molecular formula is C16H22N2O3. The minimum Gasteiger partial charge on any atom is -0.450 e. The van der Waals surface area contributed by atoms with E-state index in [-0.39, 0.29) is 17.9 Å². The summed E-state index contributed by atoms with van der Waals surface area (Å²) in [6, 6.07) is 7.70. The van der Waals surface area contributed by atoms with E-state index in [0.29, 0.717) is 19.7 Å². The zero-order valence-electron chi connectivity index (χ0n) is 12.6. The van der Waals surface area contributed by atoms with Crippen LogP contribution in [0.4, 0.5) is 10.5 Å². The molecule has 0 radical (unpaired) electrons. The number of aryl methyl sites for hydroxylation is 1. The Morgan fingerprint density at radius 2 is 2.24 bits per heavy atom. The van der Waals surface area contributed by atoms with Crippen molar-refractivity contribution >= 4 is 17.7 Å². The van der Waals surface area contributed by atoms with Crippen LogP contribution in [-0.2, 0) is 9.53 Å². The van der Waals surface area contributed by atoms with Crippen molar-refractivity contribution in [3.05, 3.63) is 29.8 Å². The minimum absolute atomic E-state index is 0.0328. The summed E-state index contributed by atoms with van der Waals surface area (Å²) in [5, 5.41) is 2.93. The summed E-state index contributed by atoms with van der Waals surface area (Å²) in [4.78, 5) is 25.7. The number of likely N-dealkylation sites (tertiary alicyclic amines) is 1. The predicted molar refractivity (Wildman–Crippen MR) is 81.1 cm³/mol. The van der Waals surface area contributed by atoms with Gasteiger partial charge in [-0.3, -0.25) is 4.79 Å². The lowest BCUT2D eigenvalue weighted by Crippen LogP contribution is -2.44. The largest absolute Gasteiger partial charge is 0.450 e. The van der Waals surface area contributed by atoms with Crippen molar-refractivity contribution in [1.82, 2.24) is 4.90 Å². The molecule has 114 valence electrons. The zero-order chi connectivity index (χ0) is 15.2. The monoisotopic (exact) mass is 290 g/mol. The first-order valence-corrected chi connectivity index (χ1v) is 7.39. The van der Waals surface area contributed by atoms with E-state index < -0.39 is 0 Å². The van der Waals surface area contributed by atoms with Crippen LogP contribution >= 0.6 is 0 Å². The van der Waals surface area contributed by atoms with E-state index in [4.69, 9.17) is 4.74 Å². The fourth-order valence-electron chi connectivity index (χ4n) is 2.54. The van der Waals surface area contributed by atoms with Crippen molar-refractivity contribution in [2.24, 2.45) is 5.92 Å². The van der Waals surface area contributed by atoms with Gasteiger partial charge in [0.1, 0.15) is 0 Å². The fourth-order valence-corrected chi connectivity index (χ4v) is 2.54. The number of hydrogen-bond acceptors (Lipinski definition) is 3. The quantitative estimate of drug-likeness (QED) is 0.931. The average molecular weight is 290 g/mol. The van der Waals surface area contributed by atoms with Gasteiger partial charge in [0.2, 0.25) is 5.91 Å². The van der Waals surface area contributed by atoms with E-state index in [9.17, 15) is 9.59 Å². The van der Waals surface area contributed by atoms with Gasteiger partial charge >= 0.3 is 6.09 Å². The van der Waals surface area contributed by atoms with Gasteiger partial charge in [-0.05, 0) is 44.4 Å². The third kappa shape index (κ3) is 4.21. The van der Waals surface area contributed by atoms with Crippen LogP contribution < -0.4 is 5.32 Å². The Balaban J connectivity index is 1.94. The van der Waals surface area contributed by atoms with Crippen LogP contribution in [0.5, 0.6) is 0 Å². The summed E-state index contributed by atoms with van der Waals surface area (Å²) >= 11 is 0. The predicted octanol–water partition coefficient (Wildman–Crippen LogP) is 2.80. The third-order valence-electron chi connectivity index (χ3n) is 3.60. The highest BCUT2D eigenvalue weighted by Crippen LogP contribution is 2.19. The van der Waals surface area contributed by atoms with Crippen molar-refractivity contribution in [3.63, 3.8) is 0 Å². The lowest BCUT2D eigenvalue weighted by atomic mass is 9.97. The molecule has 1 saturated heterocycles. The molecule has 1 fully saturated rings. The van der Waals surface area contributed by atoms with Gasteiger partial charge in [0.25, 0.3) is 0 Å². The number of ether oxygens (including phenoxy) is 1. The molecule has 0 spiro atoms. The minimum atomic E-state index is -0.328. The number of piperidine rings is 1. The summed E-state index contributed by atoms with van der Waals surface area (Å²) in [6.07, 6.45) is 1.30. The highest BCUT2D eigenvalue weighted by Gasteiger charge is 2.29. The molecule has 2 amide bonds. The molecule has 1 atom stereocenters. The Labute approximate surface area is 125 Å². The standard InChI is InChI=1S/C16H22N2O3/c1-3-21-16(20)18-9-5-7-13(11-18)15(19)17-14-8-4-6-12(2)10-14/h4,6,8,10,13H,3,5,7,9,11H2,1-2H3,(H,17,19). The number of rotatable bonds is 3. The first kappa shape index (κ1) is 15.4. The Hall–Kier alpha value is -2.04. The lowest BCUT2D eigenvalue weighted by molar-refractivity contribution is -0.121. The molecule has 1 aromatic carbocycles. The molecule has 0 bridgehead atoms. The molecular weight excluding hydrogens is 268 g/mol. The third-order valence-corrected chi connectivity index (χ3v) is 3.60. The SMILES string of the molecule is CCOC(=O)N1CCCC(C(=O)Nc2cccc(C)c2)C1. The van der Waals surface area contributed by atoms with Crippen molar-refractivity contribution in [2.45, 2.75) is 26.7 Å². The van der Waals surface area contributed by atoms with Crippen molar-refractivity contribution in [1.29, 1.82) is 0 Å². The molecule has 1 aliphatic rings. The average Bonchev–Trinajstić information content (AvgIpc) is 2.47. The molecule has 1 aromatic rings. The van der Waals surface area contributed by atoms with Gasteiger partial charge in [-0.25, -0.2) is 4.79 Å². The van der Waals surface area contributed by atoms with Crippen LogP contribution in [0, 0.1) is 12.8 Å². The van der Waals surface area contributed by atoms with Crippen molar-refractivity contribution in [3.8, 4) is 0 Å². The second-order valence-electron chi connectivity index (χ2n) is 5.34. The topological polar surface area (TPSA) is 58.6 Å². The van der Waals surface area contributed by atoms with Gasteiger partial charge in [-0.1, -0.05) is 12.1 Å². The smallest absolute Gasteiger partial charge is 0.409 e. The Bertz CT molecular complexity index is 516. The second-order valence-corrected chi connectivity index (χ2v) is 5.34. The van der Waals surface area contributed by atoms with Crippen LogP contribution in [-0.4, -0.2) is 36.6 Å². The molecule has 21 heavy (non-hydrogen) atoms. The van der Waals surface area contributed by atoms with Crippen LogP contribution in [0.15, 0.2) is 24.3 Å². The van der Waals surface area contributed by atoms with E-state index in [1.807, 2.05) is 31.2 Å².